The molecule has 0 radical (unpaired) electrons. The van der Waals surface area contributed by atoms with Gasteiger partial charge in [0.05, 0.1) is 0 Å². The van der Waals surface area contributed by atoms with Crippen LogP contribution < -0.4 is 15.5 Å². The van der Waals surface area contributed by atoms with Crippen LogP contribution in [0.15, 0.2) is 18.2 Å². The summed E-state index contributed by atoms with van der Waals surface area (Å²) in [6.45, 7) is 0. The molecule has 1 aromatic carbocycles. The molecule has 100 valence electrons. The SMILES string of the molecule is CN(C)c1cccc2c1CCC1(C2)NC(=O)NC1=O. The fraction of sp³-hybridized carbons (Fsp3) is 0.429. The molecule has 1 fully saturated rings. The molecule has 1 aliphatic heterocycles. The molecular weight excluding hydrogens is 242 g/mol. The minimum atomic E-state index is -0.741. The van der Waals surface area contributed by atoms with Crippen molar-refractivity contribution in [2.24, 2.45) is 0 Å². The zero-order valence-electron chi connectivity index (χ0n) is 11.1. The number of fused-ring (bicyclic) bond motifs is 1. The lowest BCUT2D eigenvalue weighted by molar-refractivity contribution is -0.124. The van der Waals surface area contributed by atoms with Crippen molar-refractivity contribution >= 4 is 17.6 Å². The molecule has 2 aliphatic rings. The highest BCUT2D eigenvalue weighted by Crippen LogP contribution is 2.35. The highest BCUT2D eigenvalue weighted by Gasteiger charge is 2.48. The molecule has 0 saturated carbocycles. The molecule has 2 N–H and O–H groups in total. The van der Waals surface area contributed by atoms with Crippen LogP contribution in [0.1, 0.15) is 17.5 Å². The Labute approximate surface area is 112 Å². The highest BCUT2D eigenvalue weighted by molar-refractivity contribution is 6.07. The average Bonchev–Trinajstić information content (AvgIpc) is 2.62. The summed E-state index contributed by atoms with van der Waals surface area (Å²) in [5.74, 6) is -0.196. The summed E-state index contributed by atoms with van der Waals surface area (Å²) in [5.41, 5.74) is 2.88. The minimum Gasteiger partial charge on any atom is -0.377 e. The van der Waals surface area contributed by atoms with E-state index in [9.17, 15) is 9.59 Å². The molecule has 1 unspecified atom stereocenters. The largest absolute Gasteiger partial charge is 0.377 e. The van der Waals surface area contributed by atoms with Crippen molar-refractivity contribution in [3.63, 3.8) is 0 Å². The average molecular weight is 259 g/mol. The third kappa shape index (κ3) is 1.77. The van der Waals surface area contributed by atoms with Gasteiger partial charge in [0.1, 0.15) is 5.54 Å². The fourth-order valence-electron chi connectivity index (χ4n) is 3.07. The Morgan fingerprint density at radius 2 is 2.05 bits per heavy atom. The number of amides is 3. The van der Waals surface area contributed by atoms with Gasteiger partial charge in [-0.25, -0.2) is 4.79 Å². The normalized spacial score (nSPS) is 24.9. The van der Waals surface area contributed by atoms with Crippen molar-refractivity contribution in [3.05, 3.63) is 29.3 Å². The van der Waals surface area contributed by atoms with E-state index in [4.69, 9.17) is 0 Å². The van der Waals surface area contributed by atoms with E-state index in [1.54, 1.807) is 0 Å². The van der Waals surface area contributed by atoms with Crippen LogP contribution in [0.25, 0.3) is 0 Å². The first-order valence-corrected chi connectivity index (χ1v) is 6.43. The van der Waals surface area contributed by atoms with E-state index in [0.717, 1.165) is 12.0 Å². The molecular formula is C14H17N3O2. The Balaban J connectivity index is 2.00. The van der Waals surface area contributed by atoms with Gasteiger partial charge in [-0.3, -0.25) is 10.1 Å². The third-order valence-electron chi connectivity index (χ3n) is 4.04. The number of rotatable bonds is 1. The summed E-state index contributed by atoms with van der Waals surface area (Å²) in [6, 6.07) is 5.75. The van der Waals surface area contributed by atoms with Crippen LogP contribution in [0, 0.1) is 0 Å². The second-order valence-electron chi connectivity index (χ2n) is 5.48. The van der Waals surface area contributed by atoms with E-state index in [-0.39, 0.29) is 11.9 Å². The molecule has 3 amide bonds. The smallest absolute Gasteiger partial charge is 0.322 e. The Morgan fingerprint density at radius 1 is 1.26 bits per heavy atom. The van der Waals surface area contributed by atoms with Gasteiger partial charge < -0.3 is 10.2 Å². The summed E-state index contributed by atoms with van der Waals surface area (Å²) in [4.78, 5) is 25.4. The molecule has 5 heteroatoms. The number of carbonyl (C=O) groups excluding carboxylic acids is 2. The quantitative estimate of drug-likeness (QED) is 0.734. The van der Waals surface area contributed by atoms with E-state index in [0.29, 0.717) is 12.8 Å². The number of benzene rings is 1. The topological polar surface area (TPSA) is 61.4 Å². The molecule has 1 heterocycles. The molecule has 3 rings (SSSR count). The number of urea groups is 1. The van der Waals surface area contributed by atoms with Crippen LogP contribution in [-0.4, -0.2) is 31.6 Å². The fourth-order valence-corrected chi connectivity index (χ4v) is 3.07. The molecule has 1 saturated heterocycles. The maximum Gasteiger partial charge on any atom is 0.322 e. The maximum atomic E-state index is 12.0. The number of hydrogen-bond acceptors (Lipinski definition) is 3. The highest BCUT2D eigenvalue weighted by atomic mass is 16.2. The zero-order chi connectivity index (χ0) is 13.6. The van der Waals surface area contributed by atoms with Crippen molar-refractivity contribution in [2.75, 3.05) is 19.0 Å². The van der Waals surface area contributed by atoms with Crippen molar-refractivity contribution in [1.82, 2.24) is 10.6 Å². The van der Waals surface area contributed by atoms with Gasteiger partial charge in [-0.2, -0.15) is 0 Å². The van der Waals surface area contributed by atoms with Crippen molar-refractivity contribution in [3.8, 4) is 0 Å². The predicted octanol–water partition coefficient (Wildman–Crippen LogP) is 0.819. The molecule has 5 nitrogen and oxygen atoms in total. The number of nitrogens with zero attached hydrogens (tertiary/aromatic N) is 1. The first-order valence-electron chi connectivity index (χ1n) is 6.43. The van der Waals surface area contributed by atoms with Gasteiger partial charge in [-0.1, -0.05) is 12.1 Å². The minimum absolute atomic E-state index is 0.196. The number of nitrogens with one attached hydrogen (secondary N) is 2. The maximum absolute atomic E-state index is 12.0. The predicted molar refractivity (Wildman–Crippen MR) is 72.2 cm³/mol. The lowest BCUT2D eigenvalue weighted by Crippen LogP contribution is -2.51. The second kappa shape index (κ2) is 3.98. The second-order valence-corrected chi connectivity index (χ2v) is 5.48. The summed E-state index contributed by atoms with van der Waals surface area (Å²) in [7, 11) is 4.04. The van der Waals surface area contributed by atoms with Gasteiger partial charge in [-0.15, -0.1) is 0 Å². The van der Waals surface area contributed by atoms with E-state index in [1.165, 1.54) is 11.3 Å². The van der Waals surface area contributed by atoms with E-state index < -0.39 is 5.54 Å². The van der Waals surface area contributed by atoms with Crippen LogP contribution in [0.2, 0.25) is 0 Å². The Hall–Kier alpha value is -2.04. The number of hydrogen-bond donors (Lipinski definition) is 2. The van der Waals surface area contributed by atoms with E-state index in [2.05, 4.69) is 21.6 Å². The van der Waals surface area contributed by atoms with Crippen molar-refractivity contribution in [2.45, 2.75) is 24.8 Å². The summed E-state index contributed by atoms with van der Waals surface area (Å²) in [6.07, 6.45) is 2.03. The van der Waals surface area contributed by atoms with Crippen LogP contribution >= 0.6 is 0 Å². The first-order chi connectivity index (χ1) is 9.02. The number of anilines is 1. The van der Waals surface area contributed by atoms with E-state index >= 15 is 0 Å². The lowest BCUT2D eigenvalue weighted by atomic mass is 9.77. The van der Waals surface area contributed by atoms with Crippen molar-refractivity contribution in [1.29, 1.82) is 0 Å². The summed E-state index contributed by atoms with van der Waals surface area (Å²) < 4.78 is 0. The standard InChI is InChI=1S/C14H17N3O2/c1-17(2)11-5-3-4-9-8-14(7-6-10(9)11)12(18)15-13(19)16-14/h3-5H,6-8H2,1-2H3,(H2,15,16,18,19). The first kappa shape index (κ1) is 12.0. The lowest BCUT2D eigenvalue weighted by Gasteiger charge is -2.33. The number of imide groups is 1. The molecule has 1 aliphatic carbocycles. The van der Waals surface area contributed by atoms with Crippen LogP contribution in [0.4, 0.5) is 10.5 Å². The Morgan fingerprint density at radius 3 is 2.68 bits per heavy atom. The summed E-state index contributed by atoms with van der Waals surface area (Å²) in [5, 5.41) is 5.14. The van der Waals surface area contributed by atoms with Gasteiger partial charge >= 0.3 is 6.03 Å². The van der Waals surface area contributed by atoms with Gasteiger partial charge in [0, 0.05) is 26.2 Å². The molecule has 1 atom stereocenters. The summed E-state index contributed by atoms with van der Waals surface area (Å²) >= 11 is 0. The monoisotopic (exact) mass is 259 g/mol. The number of carbonyl (C=O) groups is 2. The van der Waals surface area contributed by atoms with Gasteiger partial charge in [0.25, 0.3) is 5.91 Å². The molecule has 19 heavy (non-hydrogen) atoms. The molecule has 1 aromatic rings. The van der Waals surface area contributed by atoms with Crippen LogP contribution in [0.3, 0.4) is 0 Å². The zero-order valence-corrected chi connectivity index (χ0v) is 11.1. The Bertz CT molecular complexity index is 568. The van der Waals surface area contributed by atoms with Gasteiger partial charge in [0.15, 0.2) is 0 Å². The van der Waals surface area contributed by atoms with E-state index in [1.807, 2.05) is 26.2 Å². The van der Waals surface area contributed by atoms with Crippen LogP contribution in [0.5, 0.6) is 0 Å². The van der Waals surface area contributed by atoms with Crippen molar-refractivity contribution < 1.29 is 9.59 Å². The Kier molecular flexibility index (Phi) is 2.52. The van der Waals surface area contributed by atoms with Gasteiger partial charge in [-0.05, 0) is 30.0 Å². The molecule has 0 bridgehead atoms. The van der Waals surface area contributed by atoms with Crippen LogP contribution in [-0.2, 0) is 17.6 Å². The van der Waals surface area contributed by atoms with Gasteiger partial charge in [0.2, 0.25) is 0 Å². The molecule has 1 spiro atoms. The molecule has 0 aromatic heterocycles. The third-order valence-corrected chi connectivity index (χ3v) is 4.04.